The number of ether oxygens (including phenoxy) is 1. The van der Waals surface area contributed by atoms with Gasteiger partial charge < -0.3 is 20.1 Å². The van der Waals surface area contributed by atoms with Crippen molar-refractivity contribution in [1.29, 1.82) is 0 Å². The molecule has 2 bridgehead atoms. The summed E-state index contributed by atoms with van der Waals surface area (Å²) >= 11 is 0. The molecule has 6 nitrogen and oxygen atoms in total. The van der Waals surface area contributed by atoms with Crippen molar-refractivity contribution in [2.24, 2.45) is 50.2 Å². The Balaban J connectivity index is 1.48. The third-order valence-corrected chi connectivity index (χ3v) is 13.7. The first-order valence-corrected chi connectivity index (χ1v) is 14.1. The molecule has 1 aliphatic heterocycles. The largest absolute Gasteiger partial charge is 0.481 e. The van der Waals surface area contributed by atoms with Gasteiger partial charge in [-0.3, -0.25) is 9.59 Å². The van der Waals surface area contributed by atoms with E-state index in [9.17, 15) is 24.9 Å². The first-order chi connectivity index (χ1) is 16.6. The van der Waals surface area contributed by atoms with E-state index < -0.39 is 35.0 Å². The lowest BCUT2D eigenvalue weighted by Gasteiger charge is -2.71. The summed E-state index contributed by atoms with van der Waals surface area (Å²) in [5.41, 5.74) is -1.42. The first-order valence-electron chi connectivity index (χ1n) is 14.1. The van der Waals surface area contributed by atoms with Crippen LogP contribution >= 0.6 is 0 Å². The molecular formula is C30H44O6. The number of carboxylic acid groups (broad SMARTS) is 1. The minimum absolute atomic E-state index is 0.0811. The highest BCUT2D eigenvalue weighted by Crippen LogP contribution is 2.76. The minimum Gasteiger partial charge on any atom is -0.481 e. The standard InChI is InChI=1S/C30H44O6/c1-25(2)18-9-12-28(5)19(26(18,3)11-10-20(25)31)8-7-16-17-13-27(4,23(33)34)22-15-30(17,24(35)36-22)21(32)14-29(16,28)6/h7,17-22,31-32H,8-15H2,1-6H3,(H,33,34)/t17-,18+,19-,20-,21+,22-,26-,27+,28+,29+,30+/m0/s1. The summed E-state index contributed by atoms with van der Waals surface area (Å²) in [7, 11) is 0. The second-order valence-corrected chi connectivity index (χ2v) is 15.0. The van der Waals surface area contributed by atoms with Crippen LogP contribution in [0.4, 0.5) is 0 Å². The molecule has 36 heavy (non-hydrogen) atoms. The van der Waals surface area contributed by atoms with Gasteiger partial charge in [0.05, 0.1) is 12.2 Å². The smallest absolute Gasteiger partial charge is 0.315 e. The van der Waals surface area contributed by atoms with Crippen LogP contribution in [0.5, 0.6) is 0 Å². The van der Waals surface area contributed by atoms with Gasteiger partial charge in [-0.1, -0.05) is 46.3 Å². The van der Waals surface area contributed by atoms with Crippen molar-refractivity contribution in [1.82, 2.24) is 0 Å². The molecule has 6 aliphatic rings. The first kappa shape index (κ1) is 24.9. The molecule has 200 valence electrons. The Morgan fingerprint density at radius 2 is 1.64 bits per heavy atom. The number of allylic oxidation sites excluding steroid dienone is 2. The van der Waals surface area contributed by atoms with Crippen LogP contribution in [-0.4, -0.2) is 45.6 Å². The monoisotopic (exact) mass is 500 g/mol. The van der Waals surface area contributed by atoms with Gasteiger partial charge in [0, 0.05) is 12.3 Å². The van der Waals surface area contributed by atoms with Crippen LogP contribution in [0.15, 0.2) is 11.6 Å². The lowest BCUT2D eigenvalue weighted by molar-refractivity contribution is -0.213. The number of aliphatic hydroxyl groups excluding tert-OH is 2. The Labute approximate surface area is 214 Å². The van der Waals surface area contributed by atoms with Crippen LogP contribution in [-0.2, 0) is 14.3 Å². The van der Waals surface area contributed by atoms with E-state index in [0.717, 1.165) is 32.1 Å². The number of aliphatic carboxylic acids is 1. The highest BCUT2D eigenvalue weighted by Gasteiger charge is 2.75. The van der Waals surface area contributed by atoms with Gasteiger partial charge in [0.2, 0.25) is 0 Å². The second kappa shape index (κ2) is 6.97. The topological polar surface area (TPSA) is 104 Å². The maximum Gasteiger partial charge on any atom is 0.315 e. The van der Waals surface area contributed by atoms with Crippen molar-refractivity contribution >= 4 is 11.9 Å². The van der Waals surface area contributed by atoms with Crippen LogP contribution in [0.2, 0.25) is 0 Å². The van der Waals surface area contributed by atoms with Gasteiger partial charge in [0.25, 0.3) is 0 Å². The Kier molecular flexibility index (Phi) is 4.82. The Hall–Kier alpha value is -1.40. The molecule has 11 atom stereocenters. The molecule has 3 N–H and O–H groups in total. The molecule has 0 aromatic rings. The molecule has 1 heterocycles. The molecule has 0 aromatic heterocycles. The van der Waals surface area contributed by atoms with E-state index in [1.807, 2.05) is 0 Å². The molecule has 4 saturated carbocycles. The van der Waals surface area contributed by atoms with Crippen LogP contribution in [0.1, 0.15) is 92.9 Å². The average Bonchev–Trinajstić information content (AvgIpc) is 3.09. The van der Waals surface area contributed by atoms with E-state index in [0.29, 0.717) is 31.1 Å². The van der Waals surface area contributed by atoms with Crippen molar-refractivity contribution in [3.05, 3.63) is 11.6 Å². The number of hydrogen-bond acceptors (Lipinski definition) is 5. The average molecular weight is 501 g/mol. The zero-order valence-corrected chi connectivity index (χ0v) is 22.8. The van der Waals surface area contributed by atoms with E-state index in [2.05, 4.69) is 40.7 Å². The third kappa shape index (κ3) is 2.52. The van der Waals surface area contributed by atoms with Crippen molar-refractivity contribution in [3.63, 3.8) is 0 Å². The van der Waals surface area contributed by atoms with Crippen molar-refractivity contribution < 1.29 is 29.6 Å². The zero-order chi connectivity index (χ0) is 26.3. The van der Waals surface area contributed by atoms with E-state index in [4.69, 9.17) is 4.74 Å². The zero-order valence-electron chi connectivity index (χ0n) is 22.8. The van der Waals surface area contributed by atoms with Crippen LogP contribution in [0.25, 0.3) is 0 Å². The second-order valence-electron chi connectivity index (χ2n) is 15.0. The molecule has 5 fully saturated rings. The quantitative estimate of drug-likeness (QED) is 0.356. The van der Waals surface area contributed by atoms with Crippen LogP contribution in [0, 0.1) is 50.2 Å². The SMILES string of the molecule is CC1(C)[C@H]2CC[C@]3(C)[C@@H](CC=C4[C@@H]5C[C@@](C)(C(=O)O)[C@@H]6C[C@]5(C(=O)O6)[C@H](O)C[C@]43C)[C@@]2(C)CC[C@@H]1O. The summed E-state index contributed by atoms with van der Waals surface area (Å²) in [5.74, 6) is -0.798. The Morgan fingerprint density at radius 1 is 0.944 bits per heavy atom. The molecule has 6 rings (SSSR count). The fraction of sp³-hybridized carbons (Fsp3) is 0.867. The minimum atomic E-state index is -1.15. The van der Waals surface area contributed by atoms with Crippen molar-refractivity contribution in [2.75, 3.05) is 0 Å². The fourth-order valence-corrected chi connectivity index (χ4v) is 11.1. The van der Waals surface area contributed by atoms with E-state index >= 15 is 0 Å². The summed E-state index contributed by atoms with van der Waals surface area (Å²) in [6.07, 6.45) is 6.46. The molecule has 5 aliphatic carbocycles. The molecule has 0 unspecified atom stereocenters. The lowest BCUT2D eigenvalue weighted by Crippen LogP contribution is -2.67. The predicted octanol–water partition coefficient (Wildman–Crippen LogP) is 4.72. The van der Waals surface area contributed by atoms with Crippen LogP contribution in [0.3, 0.4) is 0 Å². The summed E-state index contributed by atoms with van der Waals surface area (Å²) in [6, 6.07) is 0. The highest BCUT2D eigenvalue weighted by atomic mass is 16.6. The van der Waals surface area contributed by atoms with Gasteiger partial charge in [-0.25, -0.2) is 0 Å². The van der Waals surface area contributed by atoms with Gasteiger partial charge in [0.15, 0.2) is 0 Å². The molecule has 0 amide bonds. The van der Waals surface area contributed by atoms with Crippen molar-refractivity contribution in [3.8, 4) is 0 Å². The molecule has 0 aromatic carbocycles. The molecule has 6 heteroatoms. The summed E-state index contributed by atoms with van der Waals surface area (Å²) < 4.78 is 5.73. The maximum atomic E-state index is 13.4. The van der Waals surface area contributed by atoms with E-state index in [1.54, 1.807) is 6.92 Å². The van der Waals surface area contributed by atoms with Gasteiger partial charge >= 0.3 is 11.9 Å². The van der Waals surface area contributed by atoms with Crippen molar-refractivity contribution in [2.45, 2.75) is 111 Å². The molecule has 0 radical (unpaired) electrons. The number of carbonyl (C=O) groups excluding carboxylic acids is 1. The summed E-state index contributed by atoms with van der Waals surface area (Å²) in [6.45, 7) is 13.3. The highest BCUT2D eigenvalue weighted by molar-refractivity contribution is 5.85. The van der Waals surface area contributed by atoms with Gasteiger partial charge in [0.1, 0.15) is 16.9 Å². The predicted molar refractivity (Wildman–Crippen MR) is 134 cm³/mol. The number of esters is 1. The molecular weight excluding hydrogens is 456 g/mol. The number of aliphatic hydroxyl groups is 2. The van der Waals surface area contributed by atoms with E-state index in [-0.39, 0.29) is 33.7 Å². The van der Waals surface area contributed by atoms with E-state index in [1.165, 1.54) is 5.57 Å². The number of rotatable bonds is 1. The Morgan fingerprint density at radius 3 is 2.31 bits per heavy atom. The fourth-order valence-electron chi connectivity index (χ4n) is 11.1. The summed E-state index contributed by atoms with van der Waals surface area (Å²) in [4.78, 5) is 25.8. The Bertz CT molecular complexity index is 1060. The normalized spacial score (nSPS) is 56.9. The summed E-state index contributed by atoms with van der Waals surface area (Å²) in [5, 5.41) is 32.9. The van der Waals surface area contributed by atoms with Crippen LogP contribution < -0.4 is 0 Å². The van der Waals surface area contributed by atoms with Gasteiger partial charge in [-0.2, -0.15) is 0 Å². The maximum absolute atomic E-state index is 13.4. The van der Waals surface area contributed by atoms with Gasteiger partial charge in [-0.05, 0) is 85.4 Å². The number of hydrogen-bond donors (Lipinski definition) is 3. The molecule has 1 spiro atoms. The molecule has 1 saturated heterocycles. The number of carbonyl (C=O) groups is 2. The number of carboxylic acids is 1. The lowest BCUT2D eigenvalue weighted by atomic mass is 9.33. The number of fused-ring (bicyclic) bond motifs is 7. The van der Waals surface area contributed by atoms with Gasteiger partial charge in [-0.15, -0.1) is 0 Å². The third-order valence-electron chi connectivity index (χ3n) is 13.7.